The highest BCUT2D eigenvalue weighted by Crippen LogP contribution is 2.27. The first-order chi connectivity index (χ1) is 4.97. The van der Waals surface area contributed by atoms with Gasteiger partial charge in [-0.25, -0.2) is 0 Å². The Kier molecular flexibility index (Phi) is 2.26. The first-order valence-electron chi connectivity index (χ1n) is 4.38. The standard InChI is InChI=1S/C9H19NO/c1-8(2)5-4-6-9(3,7-11)10-8/h10-11H,4-7H2,1-3H3. The van der Waals surface area contributed by atoms with E-state index in [2.05, 4.69) is 26.1 Å². The van der Waals surface area contributed by atoms with Crippen molar-refractivity contribution in [3.8, 4) is 0 Å². The van der Waals surface area contributed by atoms with Crippen LogP contribution in [0.15, 0.2) is 0 Å². The number of nitrogens with one attached hydrogen (secondary N) is 1. The molecule has 0 aromatic heterocycles. The molecule has 2 nitrogen and oxygen atoms in total. The maximum absolute atomic E-state index is 9.12. The van der Waals surface area contributed by atoms with Gasteiger partial charge in [-0.1, -0.05) is 0 Å². The van der Waals surface area contributed by atoms with Crippen molar-refractivity contribution in [1.29, 1.82) is 0 Å². The van der Waals surface area contributed by atoms with Gasteiger partial charge in [0.2, 0.25) is 0 Å². The summed E-state index contributed by atoms with van der Waals surface area (Å²) >= 11 is 0. The van der Waals surface area contributed by atoms with Crippen LogP contribution in [-0.2, 0) is 0 Å². The topological polar surface area (TPSA) is 32.3 Å². The predicted molar refractivity (Wildman–Crippen MR) is 46.6 cm³/mol. The highest BCUT2D eigenvalue weighted by molar-refractivity contribution is 4.95. The third-order valence-corrected chi connectivity index (χ3v) is 2.52. The van der Waals surface area contributed by atoms with Gasteiger partial charge in [0.05, 0.1) is 6.61 Å². The van der Waals surface area contributed by atoms with Gasteiger partial charge in [-0.15, -0.1) is 0 Å². The first-order valence-corrected chi connectivity index (χ1v) is 4.38. The van der Waals surface area contributed by atoms with E-state index in [-0.39, 0.29) is 17.7 Å². The summed E-state index contributed by atoms with van der Waals surface area (Å²) in [6, 6.07) is 0. The normalized spacial score (nSPS) is 37.1. The van der Waals surface area contributed by atoms with E-state index in [0.717, 1.165) is 6.42 Å². The molecular weight excluding hydrogens is 138 g/mol. The van der Waals surface area contributed by atoms with Crippen molar-refractivity contribution in [2.45, 2.75) is 51.1 Å². The van der Waals surface area contributed by atoms with E-state index in [1.807, 2.05) is 0 Å². The summed E-state index contributed by atoms with van der Waals surface area (Å²) in [5.41, 5.74) is 0.164. The molecule has 1 aliphatic rings. The Morgan fingerprint density at radius 1 is 1.27 bits per heavy atom. The smallest absolute Gasteiger partial charge is 0.0610 e. The Morgan fingerprint density at radius 2 is 1.91 bits per heavy atom. The van der Waals surface area contributed by atoms with Crippen molar-refractivity contribution in [3.05, 3.63) is 0 Å². The van der Waals surface area contributed by atoms with Crippen LogP contribution in [0.4, 0.5) is 0 Å². The van der Waals surface area contributed by atoms with Crippen molar-refractivity contribution >= 4 is 0 Å². The molecule has 0 aliphatic carbocycles. The highest BCUT2D eigenvalue weighted by atomic mass is 16.3. The molecule has 1 heterocycles. The zero-order valence-electron chi connectivity index (χ0n) is 7.78. The molecule has 0 amide bonds. The van der Waals surface area contributed by atoms with E-state index in [1.54, 1.807) is 0 Å². The molecule has 0 spiro atoms. The lowest BCUT2D eigenvalue weighted by molar-refractivity contribution is 0.0963. The van der Waals surface area contributed by atoms with E-state index < -0.39 is 0 Å². The van der Waals surface area contributed by atoms with Crippen LogP contribution in [0.5, 0.6) is 0 Å². The van der Waals surface area contributed by atoms with E-state index in [4.69, 9.17) is 5.11 Å². The number of hydrogen-bond acceptors (Lipinski definition) is 2. The fraction of sp³-hybridized carbons (Fsp3) is 1.00. The maximum Gasteiger partial charge on any atom is 0.0610 e. The van der Waals surface area contributed by atoms with Crippen LogP contribution >= 0.6 is 0 Å². The minimum atomic E-state index is -0.0399. The molecule has 0 aromatic carbocycles. The van der Waals surface area contributed by atoms with Gasteiger partial charge in [-0.3, -0.25) is 0 Å². The number of hydrogen-bond donors (Lipinski definition) is 2. The molecule has 0 radical (unpaired) electrons. The lowest BCUT2D eigenvalue weighted by Crippen LogP contribution is -2.58. The molecule has 1 aliphatic heterocycles. The second kappa shape index (κ2) is 2.76. The fourth-order valence-electron chi connectivity index (χ4n) is 1.98. The third-order valence-electron chi connectivity index (χ3n) is 2.52. The number of aliphatic hydroxyl groups is 1. The van der Waals surface area contributed by atoms with Crippen molar-refractivity contribution in [2.24, 2.45) is 0 Å². The summed E-state index contributed by atoms with van der Waals surface area (Å²) in [4.78, 5) is 0. The number of rotatable bonds is 1. The molecule has 11 heavy (non-hydrogen) atoms. The van der Waals surface area contributed by atoms with Crippen LogP contribution in [0, 0.1) is 0 Å². The quantitative estimate of drug-likeness (QED) is 0.601. The van der Waals surface area contributed by atoms with Crippen LogP contribution < -0.4 is 5.32 Å². The average Bonchev–Trinajstić information content (AvgIpc) is 1.85. The largest absolute Gasteiger partial charge is 0.394 e. The lowest BCUT2D eigenvalue weighted by Gasteiger charge is -2.43. The molecule has 66 valence electrons. The summed E-state index contributed by atoms with van der Waals surface area (Å²) in [7, 11) is 0. The Labute approximate surface area is 69.0 Å². The minimum Gasteiger partial charge on any atom is -0.394 e. The summed E-state index contributed by atoms with van der Waals surface area (Å²) in [5.74, 6) is 0. The van der Waals surface area contributed by atoms with Crippen molar-refractivity contribution in [1.82, 2.24) is 5.32 Å². The molecule has 1 rings (SSSR count). The monoisotopic (exact) mass is 157 g/mol. The van der Waals surface area contributed by atoms with Crippen molar-refractivity contribution < 1.29 is 5.11 Å². The Balaban J connectivity index is 2.59. The van der Waals surface area contributed by atoms with E-state index in [1.165, 1.54) is 12.8 Å². The summed E-state index contributed by atoms with van der Waals surface area (Å²) < 4.78 is 0. The third kappa shape index (κ3) is 2.17. The van der Waals surface area contributed by atoms with Crippen molar-refractivity contribution in [2.75, 3.05) is 6.61 Å². The molecule has 1 fully saturated rings. The zero-order chi connectivity index (χ0) is 8.54. The molecule has 0 bridgehead atoms. The molecule has 0 saturated carbocycles. The Morgan fingerprint density at radius 3 is 2.27 bits per heavy atom. The highest BCUT2D eigenvalue weighted by Gasteiger charge is 2.34. The SMILES string of the molecule is CC1(C)CCCC(C)(CO)N1. The lowest BCUT2D eigenvalue weighted by atomic mass is 9.82. The molecule has 1 saturated heterocycles. The number of piperidine rings is 1. The van der Waals surface area contributed by atoms with Gasteiger partial charge in [0.1, 0.15) is 0 Å². The molecule has 0 aromatic rings. The molecular formula is C9H19NO. The van der Waals surface area contributed by atoms with Gasteiger partial charge >= 0.3 is 0 Å². The molecule has 1 atom stereocenters. The van der Waals surface area contributed by atoms with Gasteiger partial charge < -0.3 is 10.4 Å². The molecule has 2 N–H and O–H groups in total. The van der Waals surface area contributed by atoms with Crippen LogP contribution in [0.3, 0.4) is 0 Å². The van der Waals surface area contributed by atoms with Gasteiger partial charge in [-0.2, -0.15) is 0 Å². The van der Waals surface area contributed by atoms with E-state index >= 15 is 0 Å². The summed E-state index contributed by atoms with van der Waals surface area (Å²) in [6.07, 6.45) is 3.52. The summed E-state index contributed by atoms with van der Waals surface area (Å²) in [6.45, 7) is 6.73. The van der Waals surface area contributed by atoms with Crippen LogP contribution in [0.2, 0.25) is 0 Å². The summed E-state index contributed by atoms with van der Waals surface area (Å²) in [5, 5.41) is 12.6. The molecule has 2 heteroatoms. The zero-order valence-corrected chi connectivity index (χ0v) is 7.78. The Hall–Kier alpha value is -0.0800. The first kappa shape index (κ1) is 9.01. The van der Waals surface area contributed by atoms with Crippen molar-refractivity contribution in [3.63, 3.8) is 0 Å². The maximum atomic E-state index is 9.12. The second-order valence-electron chi connectivity index (χ2n) is 4.58. The van der Waals surface area contributed by atoms with Gasteiger partial charge in [0, 0.05) is 11.1 Å². The Bertz CT molecular complexity index is 144. The van der Waals surface area contributed by atoms with Crippen LogP contribution in [-0.4, -0.2) is 22.8 Å². The van der Waals surface area contributed by atoms with E-state index in [9.17, 15) is 0 Å². The van der Waals surface area contributed by atoms with Crippen LogP contribution in [0.25, 0.3) is 0 Å². The predicted octanol–water partition coefficient (Wildman–Crippen LogP) is 1.29. The molecule has 1 unspecified atom stereocenters. The van der Waals surface area contributed by atoms with Gasteiger partial charge in [0.25, 0.3) is 0 Å². The fourth-order valence-corrected chi connectivity index (χ4v) is 1.98. The average molecular weight is 157 g/mol. The van der Waals surface area contributed by atoms with Gasteiger partial charge in [0.15, 0.2) is 0 Å². The number of aliphatic hydroxyl groups excluding tert-OH is 1. The van der Waals surface area contributed by atoms with Crippen LogP contribution in [0.1, 0.15) is 40.0 Å². The second-order valence-corrected chi connectivity index (χ2v) is 4.58. The minimum absolute atomic E-state index is 0.0399. The van der Waals surface area contributed by atoms with E-state index in [0.29, 0.717) is 0 Å². The van der Waals surface area contributed by atoms with Gasteiger partial charge in [-0.05, 0) is 40.0 Å².